The SMILES string of the molecule is Cc1ccc(C)c(C(=O)N2C[C@@H](c3ccccc3)[C@H](c3ncon3)C2)c1. The van der Waals surface area contributed by atoms with Gasteiger partial charge in [-0.2, -0.15) is 4.98 Å². The minimum Gasteiger partial charge on any atom is -0.343 e. The Morgan fingerprint density at radius 3 is 2.58 bits per heavy atom. The second kappa shape index (κ2) is 6.75. The number of hydrogen-bond acceptors (Lipinski definition) is 4. The van der Waals surface area contributed by atoms with Gasteiger partial charge in [-0.1, -0.05) is 53.2 Å². The van der Waals surface area contributed by atoms with Crippen LogP contribution >= 0.6 is 0 Å². The van der Waals surface area contributed by atoms with E-state index >= 15 is 0 Å². The van der Waals surface area contributed by atoms with Gasteiger partial charge < -0.3 is 9.42 Å². The largest absolute Gasteiger partial charge is 0.343 e. The van der Waals surface area contributed by atoms with Crippen molar-refractivity contribution < 1.29 is 9.32 Å². The van der Waals surface area contributed by atoms with Crippen molar-refractivity contribution in [3.8, 4) is 0 Å². The second-order valence-electron chi connectivity index (χ2n) is 6.94. The lowest BCUT2D eigenvalue weighted by molar-refractivity contribution is 0.0788. The molecule has 1 aliphatic heterocycles. The Hall–Kier alpha value is -2.95. The van der Waals surface area contributed by atoms with Gasteiger partial charge in [0.2, 0.25) is 6.39 Å². The number of aryl methyl sites for hydroxylation is 2. The number of benzene rings is 2. The molecule has 0 aliphatic carbocycles. The number of aromatic nitrogens is 2. The van der Waals surface area contributed by atoms with Crippen LogP contribution in [0.5, 0.6) is 0 Å². The molecule has 132 valence electrons. The maximum atomic E-state index is 13.2. The van der Waals surface area contributed by atoms with Gasteiger partial charge in [0, 0.05) is 30.5 Å². The van der Waals surface area contributed by atoms with Crippen LogP contribution in [0, 0.1) is 13.8 Å². The Kier molecular flexibility index (Phi) is 4.29. The van der Waals surface area contributed by atoms with Crippen LogP contribution in [-0.4, -0.2) is 34.0 Å². The third kappa shape index (κ3) is 3.01. The molecule has 1 fully saturated rings. The average Bonchev–Trinajstić information content (AvgIpc) is 3.33. The molecule has 0 unspecified atom stereocenters. The number of likely N-dealkylation sites (tertiary alicyclic amines) is 1. The molecule has 0 radical (unpaired) electrons. The van der Waals surface area contributed by atoms with Crippen molar-refractivity contribution in [3.05, 3.63) is 83.0 Å². The molecule has 5 nitrogen and oxygen atoms in total. The third-order valence-corrected chi connectivity index (χ3v) is 5.17. The lowest BCUT2D eigenvalue weighted by Gasteiger charge is -2.18. The van der Waals surface area contributed by atoms with Gasteiger partial charge in [-0.05, 0) is 31.0 Å². The summed E-state index contributed by atoms with van der Waals surface area (Å²) >= 11 is 0. The van der Waals surface area contributed by atoms with E-state index in [1.165, 1.54) is 12.0 Å². The second-order valence-corrected chi connectivity index (χ2v) is 6.94. The first-order chi connectivity index (χ1) is 12.6. The van der Waals surface area contributed by atoms with Gasteiger partial charge >= 0.3 is 0 Å². The fourth-order valence-electron chi connectivity index (χ4n) is 3.75. The lowest BCUT2D eigenvalue weighted by Crippen LogP contribution is -2.29. The summed E-state index contributed by atoms with van der Waals surface area (Å²) in [6.07, 6.45) is 1.35. The van der Waals surface area contributed by atoms with E-state index in [-0.39, 0.29) is 17.7 Å². The van der Waals surface area contributed by atoms with Crippen LogP contribution in [0.4, 0.5) is 0 Å². The minimum atomic E-state index is 0.0326. The number of amides is 1. The van der Waals surface area contributed by atoms with E-state index in [1.807, 2.05) is 55.1 Å². The number of rotatable bonds is 3. The van der Waals surface area contributed by atoms with Crippen LogP contribution in [-0.2, 0) is 0 Å². The van der Waals surface area contributed by atoms with Crippen LogP contribution in [0.2, 0.25) is 0 Å². The Balaban J connectivity index is 1.67. The van der Waals surface area contributed by atoms with Crippen molar-refractivity contribution in [2.75, 3.05) is 13.1 Å². The Labute approximate surface area is 152 Å². The highest BCUT2D eigenvalue weighted by Crippen LogP contribution is 2.39. The van der Waals surface area contributed by atoms with Gasteiger partial charge in [0.25, 0.3) is 5.91 Å². The topological polar surface area (TPSA) is 59.2 Å². The van der Waals surface area contributed by atoms with Crippen molar-refractivity contribution in [3.63, 3.8) is 0 Å². The molecule has 5 heteroatoms. The van der Waals surface area contributed by atoms with Gasteiger partial charge in [-0.25, -0.2) is 0 Å². The highest BCUT2D eigenvalue weighted by atomic mass is 16.5. The predicted octanol–water partition coefficient (Wildman–Crippen LogP) is 3.71. The van der Waals surface area contributed by atoms with E-state index in [2.05, 4.69) is 22.3 Å². The zero-order valence-electron chi connectivity index (χ0n) is 14.9. The number of hydrogen-bond donors (Lipinski definition) is 0. The summed E-state index contributed by atoms with van der Waals surface area (Å²) in [4.78, 5) is 19.3. The van der Waals surface area contributed by atoms with Crippen molar-refractivity contribution in [1.29, 1.82) is 0 Å². The number of carbonyl (C=O) groups excluding carboxylic acids is 1. The molecule has 1 saturated heterocycles. The first-order valence-corrected chi connectivity index (χ1v) is 8.81. The highest BCUT2D eigenvalue weighted by molar-refractivity contribution is 5.96. The van der Waals surface area contributed by atoms with Gasteiger partial charge in [0.1, 0.15) is 0 Å². The molecule has 0 saturated carbocycles. The van der Waals surface area contributed by atoms with Crippen LogP contribution in [0.25, 0.3) is 0 Å². The number of nitrogens with zero attached hydrogens (tertiary/aromatic N) is 3. The zero-order chi connectivity index (χ0) is 18.1. The van der Waals surface area contributed by atoms with Gasteiger partial charge in [0.15, 0.2) is 5.82 Å². The quantitative estimate of drug-likeness (QED) is 0.725. The summed E-state index contributed by atoms with van der Waals surface area (Å²) in [7, 11) is 0. The molecule has 3 aromatic rings. The summed E-state index contributed by atoms with van der Waals surface area (Å²) in [5, 5.41) is 4.05. The molecule has 2 heterocycles. The van der Waals surface area contributed by atoms with E-state index < -0.39 is 0 Å². The molecule has 0 bridgehead atoms. The van der Waals surface area contributed by atoms with E-state index in [1.54, 1.807) is 0 Å². The van der Waals surface area contributed by atoms with Gasteiger partial charge in [0.05, 0.1) is 0 Å². The van der Waals surface area contributed by atoms with E-state index in [4.69, 9.17) is 4.52 Å². The fraction of sp³-hybridized carbons (Fsp3) is 0.286. The van der Waals surface area contributed by atoms with E-state index in [0.717, 1.165) is 16.7 Å². The maximum absolute atomic E-state index is 13.2. The summed E-state index contributed by atoms with van der Waals surface area (Å²) < 4.78 is 4.96. The molecule has 26 heavy (non-hydrogen) atoms. The molecular weight excluding hydrogens is 326 g/mol. The Morgan fingerprint density at radius 2 is 1.85 bits per heavy atom. The van der Waals surface area contributed by atoms with E-state index in [0.29, 0.717) is 18.9 Å². The number of carbonyl (C=O) groups is 1. The van der Waals surface area contributed by atoms with Crippen molar-refractivity contribution >= 4 is 5.91 Å². The standard InChI is InChI=1S/C21H21N3O2/c1-14-8-9-15(2)17(10-14)21(25)24-11-18(16-6-4-3-5-7-16)19(12-24)20-22-13-26-23-20/h3-10,13,18-19H,11-12H2,1-2H3/t18-,19+/m0/s1. The van der Waals surface area contributed by atoms with Crippen molar-refractivity contribution in [2.24, 2.45) is 0 Å². The molecule has 1 aliphatic rings. The molecular formula is C21H21N3O2. The average molecular weight is 347 g/mol. The first kappa shape index (κ1) is 16.5. The summed E-state index contributed by atoms with van der Waals surface area (Å²) in [5.74, 6) is 0.918. The molecule has 0 N–H and O–H groups in total. The Morgan fingerprint density at radius 1 is 1.08 bits per heavy atom. The van der Waals surface area contributed by atoms with Crippen molar-refractivity contribution in [1.82, 2.24) is 15.0 Å². The van der Waals surface area contributed by atoms with Crippen LogP contribution in [0.15, 0.2) is 59.4 Å². The van der Waals surface area contributed by atoms with Crippen LogP contribution in [0.1, 0.15) is 44.7 Å². The summed E-state index contributed by atoms with van der Waals surface area (Å²) in [6, 6.07) is 16.3. The minimum absolute atomic E-state index is 0.0326. The van der Waals surface area contributed by atoms with Crippen LogP contribution < -0.4 is 0 Å². The summed E-state index contributed by atoms with van der Waals surface area (Å²) in [6.45, 7) is 5.23. The molecule has 2 atom stereocenters. The van der Waals surface area contributed by atoms with Crippen molar-refractivity contribution in [2.45, 2.75) is 25.7 Å². The molecule has 0 spiro atoms. The molecule has 1 aromatic heterocycles. The van der Waals surface area contributed by atoms with Gasteiger partial charge in [-0.3, -0.25) is 4.79 Å². The lowest BCUT2D eigenvalue weighted by atomic mass is 9.88. The first-order valence-electron chi connectivity index (χ1n) is 8.81. The fourth-order valence-corrected chi connectivity index (χ4v) is 3.75. The Bertz CT molecular complexity index is 906. The molecule has 2 aromatic carbocycles. The maximum Gasteiger partial charge on any atom is 0.254 e. The highest BCUT2D eigenvalue weighted by Gasteiger charge is 2.39. The predicted molar refractivity (Wildman–Crippen MR) is 98.0 cm³/mol. The smallest absolute Gasteiger partial charge is 0.254 e. The third-order valence-electron chi connectivity index (χ3n) is 5.17. The molecule has 4 rings (SSSR count). The summed E-state index contributed by atoms with van der Waals surface area (Å²) in [5.41, 5.74) is 4.05. The normalized spacial score (nSPS) is 19.7. The zero-order valence-corrected chi connectivity index (χ0v) is 14.9. The van der Waals surface area contributed by atoms with E-state index in [9.17, 15) is 4.79 Å². The molecule has 1 amide bonds. The van der Waals surface area contributed by atoms with Crippen LogP contribution in [0.3, 0.4) is 0 Å². The monoisotopic (exact) mass is 347 g/mol. The van der Waals surface area contributed by atoms with Gasteiger partial charge in [-0.15, -0.1) is 0 Å².